The summed E-state index contributed by atoms with van der Waals surface area (Å²) in [5, 5.41) is 0. The molecule has 1 aromatic rings. The highest BCUT2D eigenvalue weighted by Crippen LogP contribution is 2.15. The van der Waals surface area contributed by atoms with Crippen LogP contribution in [0, 0.1) is 0 Å². The van der Waals surface area contributed by atoms with Crippen molar-refractivity contribution in [3.05, 3.63) is 29.8 Å². The van der Waals surface area contributed by atoms with Gasteiger partial charge >= 0.3 is 5.97 Å². The zero-order chi connectivity index (χ0) is 13.6. The molecule has 6 nitrogen and oxygen atoms in total. The van der Waals surface area contributed by atoms with E-state index >= 15 is 0 Å². The molecular weight excluding hydrogens is 258 g/mol. The number of hydrogen-bond donors (Lipinski definition) is 1. The van der Waals surface area contributed by atoms with Crippen molar-refractivity contribution in [2.24, 2.45) is 0 Å². The number of esters is 1. The molecule has 0 saturated carbocycles. The summed E-state index contributed by atoms with van der Waals surface area (Å²) in [5.74, 6) is -0.693. The molecule has 7 heteroatoms. The van der Waals surface area contributed by atoms with Gasteiger partial charge in [-0.15, -0.1) is 0 Å². The van der Waals surface area contributed by atoms with Crippen LogP contribution in [0.2, 0.25) is 0 Å². The minimum atomic E-state index is -3.69. The minimum Gasteiger partial charge on any atom is -0.460 e. The van der Waals surface area contributed by atoms with Gasteiger partial charge in [-0.2, -0.15) is 0 Å². The molecule has 0 saturated heterocycles. The van der Waals surface area contributed by atoms with Gasteiger partial charge in [-0.25, -0.2) is 17.9 Å². The highest BCUT2D eigenvalue weighted by Gasteiger charge is 2.21. The smallest absolute Gasteiger partial charge is 0.339 e. The fraction of sp³-hybridized carbons (Fsp3) is 0.364. The van der Waals surface area contributed by atoms with Crippen LogP contribution in [-0.4, -0.2) is 41.8 Å². The Morgan fingerprint density at radius 2 is 1.94 bits per heavy atom. The fourth-order valence-electron chi connectivity index (χ4n) is 1.28. The summed E-state index contributed by atoms with van der Waals surface area (Å²) in [6.45, 7) is 0.329. The molecule has 18 heavy (non-hydrogen) atoms. The Bertz CT molecular complexity index is 512. The summed E-state index contributed by atoms with van der Waals surface area (Å²) in [5.41, 5.74) is 0.00273. The van der Waals surface area contributed by atoms with E-state index in [0.717, 1.165) is 0 Å². The van der Waals surface area contributed by atoms with Crippen molar-refractivity contribution < 1.29 is 22.7 Å². The fourth-order valence-corrected chi connectivity index (χ4v) is 2.19. The van der Waals surface area contributed by atoms with Crippen LogP contribution in [0.1, 0.15) is 10.4 Å². The zero-order valence-electron chi connectivity index (χ0n) is 10.2. The molecule has 0 unspecified atom stereocenters. The molecular formula is C11H15NO5S. The first kappa shape index (κ1) is 14.6. The molecule has 0 radical (unpaired) electrons. The molecule has 0 atom stereocenters. The Labute approximate surface area is 106 Å². The second-order valence-electron chi connectivity index (χ2n) is 3.33. The van der Waals surface area contributed by atoms with E-state index in [1.807, 2.05) is 0 Å². The molecule has 0 spiro atoms. The first-order valence-corrected chi connectivity index (χ1v) is 6.70. The van der Waals surface area contributed by atoms with Crippen LogP contribution in [0.3, 0.4) is 0 Å². The number of hydrogen-bond acceptors (Lipinski definition) is 5. The van der Waals surface area contributed by atoms with Gasteiger partial charge in [0.15, 0.2) is 0 Å². The van der Waals surface area contributed by atoms with Crippen LogP contribution >= 0.6 is 0 Å². The van der Waals surface area contributed by atoms with E-state index in [4.69, 9.17) is 9.47 Å². The van der Waals surface area contributed by atoms with Crippen molar-refractivity contribution in [2.75, 3.05) is 27.4 Å². The largest absolute Gasteiger partial charge is 0.460 e. The Balaban J connectivity index is 2.99. The van der Waals surface area contributed by atoms with Crippen LogP contribution in [0.5, 0.6) is 0 Å². The van der Waals surface area contributed by atoms with Crippen molar-refractivity contribution in [1.82, 2.24) is 4.72 Å². The van der Waals surface area contributed by atoms with Gasteiger partial charge in [0, 0.05) is 7.11 Å². The van der Waals surface area contributed by atoms with Crippen molar-refractivity contribution >= 4 is 16.0 Å². The third-order valence-corrected chi connectivity index (χ3v) is 3.66. The third-order valence-electron chi connectivity index (χ3n) is 2.19. The number of carbonyl (C=O) groups is 1. The molecule has 0 aromatic heterocycles. The summed E-state index contributed by atoms with van der Waals surface area (Å²) in [4.78, 5) is 11.6. The maximum atomic E-state index is 11.7. The van der Waals surface area contributed by atoms with E-state index in [0.29, 0.717) is 0 Å². The van der Waals surface area contributed by atoms with Crippen molar-refractivity contribution in [2.45, 2.75) is 4.90 Å². The first-order chi connectivity index (χ1) is 8.53. The van der Waals surface area contributed by atoms with Crippen LogP contribution in [0.4, 0.5) is 0 Å². The van der Waals surface area contributed by atoms with Crippen LogP contribution in [0.15, 0.2) is 29.2 Å². The van der Waals surface area contributed by atoms with Gasteiger partial charge in [-0.1, -0.05) is 12.1 Å². The molecule has 1 rings (SSSR count). The van der Waals surface area contributed by atoms with Gasteiger partial charge in [-0.05, 0) is 19.2 Å². The Morgan fingerprint density at radius 3 is 2.56 bits per heavy atom. The van der Waals surface area contributed by atoms with Crippen molar-refractivity contribution in [3.8, 4) is 0 Å². The quantitative estimate of drug-likeness (QED) is 0.599. The molecule has 100 valence electrons. The highest BCUT2D eigenvalue weighted by atomic mass is 32.2. The average molecular weight is 273 g/mol. The normalized spacial score (nSPS) is 11.2. The lowest BCUT2D eigenvalue weighted by atomic mass is 10.2. The molecule has 0 aliphatic carbocycles. The third kappa shape index (κ3) is 3.52. The standard InChI is InChI=1S/C11H15NO5S/c1-12-18(14,15)10-6-4-3-5-9(10)11(13)17-8-7-16-2/h3-6,12H,7-8H2,1-2H3. The number of sulfonamides is 1. The maximum Gasteiger partial charge on any atom is 0.339 e. The highest BCUT2D eigenvalue weighted by molar-refractivity contribution is 7.89. The number of rotatable bonds is 6. The summed E-state index contributed by atoms with van der Waals surface area (Å²) in [7, 11) is -0.927. The summed E-state index contributed by atoms with van der Waals surface area (Å²) in [6.07, 6.45) is 0. The second kappa shape index (κ2) is 6.48. The average Bonchev–Trinajstić information content (AvgIpc) is 2.39. The summed E-state index contributed by atoms with van der Waals surface area (Å²) < 4.78 is 35.2. The number of ether oxygens (including phenoxy) is 2. The molecule has 1 aromatic carbocycles. The van der Waals surface area contributed by atoms with Crippen molar-refractivity contribution in [3.63, 3.8) is 0 Å². The Morgan fingerprint density at radius 1 is 1.28 bits per heavy atom. The number of carbonyl (C=O) groups excluding carboxylic acids is 1. The number of benzene rings is 1. The van der Waals surface area contributed by atoms with Crippen molar-refractivity contribution in [1.29, 1.82) is 0 Å². The lowest BCUT2D eigenvalue weighted by Gasteiger charge is -2.09. The lowest BCUT2D eigenvalue weighted by Crippen LogP contribution is -2.22. The predicted octanol–water partition coefficient (Wildman–Crippen LogP) is 0.398. The number of nitrogens with one attached hydrogen (secondary N) is 1. The Hall–Kier alpha value is -1.44. The molecule has 0 amide bonds. The molecule has 0 bridgehead atoms. The summed E-state index contributed by atoms with van der Waals surface area (Å²) in [6, 6.07) is 5.86. The van der Waals surface area contributed by atoms with E-state index in [1.165, 1.54) is 32.4 Å². The molecule has 0 aliphatic heterocycles. The lowest BCUT2D eigenvalue weighted by molar-refractivity contribution is 0.0384. The van der Waals surface area contributed by atoms with Crippen LogP contribution in [-0.2, 0) is 19.5 Å². The van der Waals surface area contributed by atoms with Gasteiger partial charge in [-0.3, -0.25) is 0 Å². The predicted molar refractivity (Wildman–Crippen MR) is 64.8 cm³/mol. The molecule has 0 aliphatic rings. The van der Waals surface area contributed by atoms with E-state index in [1.54, 1.807) is 6.07 Å². The first-order valence-electron chi connectivity index (χ1n) is 5.21. The molecule has 0 heterocycles. The van der Waals surface area contributed by atoms with Crippen LogP contribution in [0.25, 0.3) is 0 Å². The van der Waals surface area contributed by atoms with Gasteiger partial charge in [0.2, 0.25) is 10.0 Å². The van der Waals surface area contributed by atoms with Gasteiger partial charge in [0.25, 0.3) is 0 Å². The minimum absolute atomic E-state index is 0.00273. The van der Waals surface area contributed by atoms with Gasteiger partial charge in [0.05, 0.1) is 17.1 Å². The van der Waals surface area contributed by atoms with E-state index in [9.17, 15) is 13.2 Å². The molecule has 1 N–H and O–H groups in total. The number of methoxy groups -OCH3 is 1. The monoisotopic (exact) mass is 273 g/mol. The molecule has 0 fully saturated rings. The van der Waals surface area contributed by atoms with E-state index < -0.39 is 16.0 Å². The van der Waals surface area contributed by atoms with E-state index in [2.05, 4.69) is 4.72 Å². The van der Waals surface area contributed by atoms with Gasteiger partial charge in [0.1, 0.15) is 6.61 Å². The Kier molecular flexibility index (Phi) is 5.26. The SMILES string of the molecule is CNS(=O)(=O)c1ccccc1C(=O)OCCOC. The van der Waals surface area contributed by atoms with E-state index in [-0.39, 0.29) is 23.7 Å². The van der Waals surface area contributed by atoms with Crippen LogP contribution < -0.4 is 4.72 Å². The summed E-state index contributed by atoms with van der Waals surface area (Å²) >= 11 is 0. The topological polar surface area (TPSA) is 81.7 Å². The zero-order valence-corrected chi connectivity index (χ0v) is 11.0. The van der Waals surface area contributed by atoms with Gasteiger partial charge < -0.3 is 9.47 Å². The maximum absolute atomic E-state index is 11.7. The second-order valence-corrected chi connectivity index (χ2v) is 5.19.